The Hall–Kier alpha value is -1.93. The third-order valence-electron chi connectivity index (χ3n) is 2.76. The molecule has 0 fully saturated rings. The van der Waals surface area contributed by atoms with Gasteiger partial charge in [-0.2, -0.15) is 13.2 Å². The van der Waals surface area contributed by atoms with Crippen molar-refractivity contribution in [1.29, 1.82) is 0 Å². The van der Waals surface area contributed by atoms with Gasteiger partial charge in [-0.15, -0.1) is 13.2 Å². The first kappa shape index (κ1) is 17.1. The van der Waals surface area contributed by atoms with Crippen molar-refractivity contribution >= 4 is 5.97 Å². The van der Waals surface area contributed by atoms with E-state index in [0.717, 1.165) is 24.3 Å². The van der Waals surface area contributed by atoms with Crippen LogP contribution in [0.15, 0.2) is 24.3 Å². The maximum Gasteiger partial charge on any atom is 0.573 e. The van der Waals surface area contributed by atoms with E-state index >= 15 is 0 Å². The lowest BCUT2D eigenvalue weighted by molar-refractivity contribution is -0.274. The Kier molecular flexibility index (Phi) is 4.75. The predicted molar refractivity (Wildman–Crippen MR) is 58.7 cm³/mol. The summed E-state index contributed by atoms with van der Waals surface area (Å²) in [6.45, 7) is 0.693. The molecule has 1 rings (SSSR count). The number of aliphatic carboxylic acids is 1. The van der Waals surface area contributed by atoms with Crippen LogP contribution in [0.25, 0.3) is 0 Å². The van der Waals surface area contributed by atoms with Gasteiger partial charge in [-0.3, -0.25) is 4.79 Å². The van der Waals surface area contributed by atoms with Gasteiger partial charge in [-0.1, -0.05) is 19.1 Å². The fourth-order valence-electron chi connectivity index (χ4n) is 1.71. The third-order valence-corrected chi connectivity index (χ3v) is 2.76. The second-order valence-electron chi connectivity index (χ2n) is 4.26. The molecule has 118 valence electrons. The van der Waals surface area contributed by atoms with Gasteiger partial charge in [0.25, 0.3) is 0 Å². The molecule has 0 aliphatic carbocycles. The summed E-state index contributed by atoms with van der Waals surface area (Å²) in [5.74, 6) is -6.46. The molecule has 1 aromatic rings. The van der Waals surface area contributed by atoms with Crippen molar-refractivity contribution in [3.05, 3.63) is 29.8 Å². The van der Waals surface area contributed by atoms with Crippen LogP contribution in [-0.4, -0.2) is 23.6 Å². The Bertz CT molecular complexity index is 491. The van der Waals surface area contributed by atoms with Gasteiger partial charge < -0.3 is 9.84 Å². The average molecular weight is 316 g/mol. The van der Waals surface area contributed by atoms with E-state index in [1.807, 2.05) is 0 Å². The number of carboxylic acid groups (broad SMARTS) is 1. The molecule has 0 aliphatic rings. The largest absolute Gasteiger partial charge is 0.573 e. The number of carboxylic acids is 1. The van der Waals surface area contributed by atoms with Gasteiger partial charge in [0.2, 0.25) is 0 Å². The zero-order valence-electron chi connectivity index (χ0n) is 10.5. The molecular weight excluding hydrogens is 306 g/mol. The highest BCUT2D eigenvalue weighted by molar-refractivity contribution is 5.76. The third kappa shape index (κ3) is 4.83. The molecule has 0 bridgehead atoms. The molecule has 0 aliphatic heterocycles. The Morgan fingerprint density at radius 1 is 1.10 bits per heavy atom. The Morgan fingerprint density at radius 3 is 1.90 bits per heavy atom. The van der Waals surface area contributed by atoms with E-state index in [1.54, 1.807) is 0 Å². The summed E-state index contributed by atoms with van der Waals surface area (Å²) in [6, 6.07) is 3.26. The summed E-state index contributed by atoms with van der Waals surface area (Å²) >= 11 is 0. The molecule has 0 amide bonds. The number of benzene rings is 1. The van der Waals surface area contributed by atoms with Crippen LogP contribution in [0.5, 0.6) is 5.75 Å². The average Bonchev–Trinajstić information content (AvgIpc) is 2.27. The van der Waals surface area contributed by atoms with E-state index in [2.05, 4.69) is 4.74 Å². The highest BCUT2D eigenvalue weighted by Gasteiger charge is 2.45. The molecule has 2 unspecified atom stereocenters. The van der Waals surface area contributed by atoms with Gasteiger partial charge in [0.1, 0.15) is 5.75 Å². The van der Waals surface area contributed by atoms with E-state index in [9.17, 15) is 31.1 Å². The van der Waals surface area contributed by atoms with Gasteiger partial charge in [0, 0.05) is 0 Å². The van der Waals surface area contributed by atoms with Crippen LogP contribution < -0.4 is 4.74 Å². The number of rotatable bonds is 4. The monoisotopic (exact) mass is 316 g/mol. The quantitative estimate of drug-likeness (QED) is 0.856. The number of alkyl halides is 6. The van der Waals surface area contributed by atoms with E-state index in [0.29, 0.717) is 6.92 Å². The summed E-state index contributed by atoms with van der Waals surface area (Å²) in [4.78, 5) is 11.0. The summed E-state index contributed by atoms with van der Waals surface area (Å²) < 4.78 is 77.2. The molecule has 0 saturated carbocycles. The molecule has 0 saturated heterocycles. The lowest BCUT2D eigenvalue weighted by Crippen LogP contribution is -2.31. The van der Waals surface area contributed by atoms with Crippen LogP contribution in [0.3, 0.4) is 0 Å². The molecule has 0 heterocycles. The number of ether oxygens (including phenoxy) is 1. The fourth-order valence-corrected chi connectivity index (χ4v) is 1.71. The zero-order valence-corrected chi connectivity index (χ0v) is 10.5. The minimum Gasteiger partial charge on any atom is -0.481 e. The van der Waals surface area contributed by atoms with Crippen molar-refractivity contribution in [2.24, 2.45) is 5.92 Å². The zero-order chi connectivity index (χ0) is 16.4. The highest BCUT2D eigenvalue weighted by atomic mass is 19.4. The predicted octanol–water partition coefficient (Wildman–Crippen LogP) is 3.95. The first-order chi connectivity index (χ1) is 9.42. The van der Waals surface area contributed by atoms with Crippen LogP contribution >= 0.6 is 0 Å². The maximum absolute atomic E-state index is 12.6. The standard InChI is InChI=1S/C12H10F6O3/c1-6(11(13,14)15)9(10(19)20)7-2-4-8(5-3-7)21-12(16,17)18/h2-6,9H,1H3,(H,19,20). The number of hydrogen-bond acceptors (Lipinski definition) is 2. The first-order valence-corrected chi connectivity index (χ1v) is 5.57. The Labute approximate surface area is 115 Å². The van der Waals surface area contributed by atoms with Gasteiger partial charge in [0.05, 0.1) is 11.8 Å². The number of hydrogen-bond donors (Lipinski definition) is 1. The van der Waals surface area contributed by atoms with Crippen molar-refractivity contribution in [1.82, 2.24) is 0 Å². The van der Waals surface area contributed by atoms with Gasteiger partial charge >= 0.3 is 18.5 Å². The second kappa shape index (κ2) is 5.82. The van der Waals surface area contributed by atoms with Crippen LogP contribution in [0.1, 0.15) is 18.4 Å². The van der Waals surface area contributed by atoms with Crippen molar-refractivity contribution in [2.75, 3.05) is 0 Å². The first-order valence-electron chi connectivity index (χ1n) is 5.57. The van der Waals surface area contributed by atoms with Crippen molar-refractivity contribution < 1.29 is 41.0 Å². The molecule has 0 radical (unpaired) electrons. The molecule has 9 heteroatoms. The topological polar surface area (TPSA) is 46.5 Å². The molecular formula is C12H10F6O3. The molecule has 1 aromatic carbocycles. The molecule has 1 N–H and O–H groups in total. The van der Waals surface area contributed by atoms with E-state index in [-0.39, 0.29) is 5.56 Å². The SMILES string of the molecule is CC(C(C(=O)O)c1ccc(OC(F)(F)F)cc1)C(F)(F)F. The smallest absolute Gasteiger partial charge is 0.481 e. The van der Waals surface area contributed by atoms with Crippen molar-refractivity contribution in [3.8, 4) is 5.75 Å². The van der Waals surface area contributed by atoms with Crippen LogP contribution in [-0.2, 0) is 4.79 Å². The Morgan fingerprint density at radius 2 is 1.57 bits per heavy atom. The summed E-state index contributed by atoms with van der Waals surface area (Å²) in [7, 11) is 0. The summed E-state index contributed by atoms with van der Waals surface area (Å²) in [6.07, 6.45) is -9.68. The number of carbonyl (C=O) groups is 1. The Balaban J connectivity index is 3.04. The minimum atomic E-state index is -4.94. The lowest BCUT2D eigenvalue weighted by atomic mass is 9.87. The normalized spacial score (nSPS) is 15.4. The van der Waals surface area contributed by atoms with Gasteiger partial charge in [0.15, 0.2) is 0 Å². The molecule has 0 spiro atoms. The van der Waals surface area contributed by atoms with E-state index < -0.39 is 36.1 Å². The maximum atomic E-state index is 12.6. The van der Waals surface area contributed by atoms with Gasteiger partial charge in [-0.25, -0.2) is 0 Å². The number of halogens is 6. The highest BCUT2D eigenvalue weighted by Crippen LogP contribution is 2.38. The molecule has 2 atom stereocenters. The fraction of sp³-hybridized carbons (Fsp3) is 0.417. The lowest BCUT2D eigenvalue weighted by Gasteiger charge is -2.23. The van der Waals surface area contributed by atoms with Crippen LogP contribution in [0.4, 0.5) is 26.3 Å². The summed E-state index contributed by atoms with van der Waals surface area (Å²) in [5.41, 5.74) is -0.262. The van der Waals surface area contributed by atoms with E-state index in [1.165, 1.54) is 0 Å². The molecule has 21 heavy (non-hydrogen) atoms. The van der Waals surface area contributed by atoms with Crippen molar-refractivity contribution in [3.63, 3.8) is 0 Å². The van der Waals surface area contributed by atoms with E-state index in [4.69, 9.17) is 5.11 Å². The summed E-state index contributed by atoms with van der Waals surface area (Å²) in [5, 5.41) is 8.90. The van der Waals surface area contributed by atoms with Crippen LogP contribution in [0.2, 0.25) is 0 Å². The van der Waals surface area contributed by atoms with Crippen molar-refractivity contribution in [2.45, 2.75) is 25.4 Å². The minimum absolute atomic E-state index is 0.262. The van der Waals surface area contributed by atoms with Crippen LogP contribution in [0, 0.1) is 5.92 Å². The van der Waals surface area contributed by atoms with Gasteiger partial charge in [-0.05, 0) is 17.7 Å². The molecule has 0 aromatic heterocycles. The second-order valence-corrected chi connectivity index (χ2v) is 4.26. The molecule has 3 nitrogen and oxygen atoms in total.